The van der Waals surface area contributed by atoms with Crippen molar-refractivity contribution in [3.8, 4) is 0 Å². The minimum Gasteiger partial charge on any atom is -0.309 e. The summed E-state index contributed by atoms with van der Waals surface area (Å²) in [6, 6.07) is 5.63. The quantitative estimate of drug-likeness (QED) is 0.917. The minimum atomic E-state index is -3.35. The van der Waals surface area contributed by atoms with Crippen LogP contribution in [0.25, 0.3) is 0 Å². The summed E-state index contributed by atoms with van der Waals surface area (Å²) in [5, 5.41) is 3.24. The summed E-state index contributed by atoms with van der Waals surface area (Å²) in [7, 11) is -1.65. The highest BCUT2D eigenvalue weighted by molar-refractivity contribution is 7.99. The molecular formula is C13H18N2O2S2. The van der Waals surface area contributed by atoms with E-state index in [1.54, 1.807) is 17.4 Å². The third kappa shape index (κ3) is 2.42. The second-order valence-corrected chi connectivity index (χ2v) is 8.22. The van der Waals surface area contributed by atoms with Gasteiger partial charge in [0.25, 0.3) is 0 Å². The average molecular weight is 298 g/mol. The van der Waals surface area contributed by atoms with Crippen molar-refractivity contribution in [1.82, 2.24) is 9.62 Å². The van der Waals surface area contributed by atoms with Crippen molar-refractivity contribution in [2.45, 2.75) is 30.4 Å². The van der Waals surface area contributed by atoms with Gasteiger partial charge < -0.3 is 5.32 Å². The summed E-state index contributed by atoms with van der Waals surface area (Å²) < 4.78 is 26.8. The van der Waals surface area contributed by atoms with Crippen LogP contribution in [0.1, 0.15) is 17.5 Å². The summed E-state index contributed by atoms with van der Waals surface area (Å²) in [6.45, 7) is 1.60. The molecule has 0 amide bonds. The molecule has 3 rings (SSSR count). The highest BCUT2D eigenvalue weighted by atomic mass is 32.2. The van der Waals surface area contributed by atoms with Crippen LogP contribution in [0.2, 0.25) is 0 Å². The van der Waals surface area contributed by atoms with Crippen LogP contribution >= 0.6 is 11.8 Å². The van der Waals surface area contributed by atoms with E-state index in [0.717, 1.165) is 36.6 Å². The lowest BCUT2D eigenvalue weighted by atomic mass is 10.1. The standard InChI is InChI=1S/C13H18N2O2S2/c1-15(12-4-5-18-9-12)19(16,17)13-3-2-10-7-14-8-11(10)6-13/h2-3,6,12,14H,4-5,7-9H2,1H3. The Bertz CT molecular complexity index is 580. The fourth-order valence-corrected chi connectivity index (χ4v) is 5.40. The first-order valence-corrected chi connectivity index (χ1v) is 9.07. The molecule has 1 atom stereocenters. The molecule has 104 valence electrons. The molecule has 2 heterocycles. The Balaban J connectivity index is 1.91. The van der Waals surface area contributed by atoms with Crippen LogP contribution in [-0.2, 0) is 23.1 Å². The molecule has 1 N–H and O–H groups in total. The molecule has 4 nitrogen and oxygen atoms in total. The van der Waals surface area contributed by atoms with Gasteiger partial charge in [0.1, 0.15) is 0 Å². The van der Waals surface area contributed by atoms with Crippen molar-refractivity contribution in [1.29, 1.82) is 0 Å². The molecule has 1 fully saturated rings. The molecule has 0 aromatic heterocycles. The van der Waals surface area contributed by atoms with Gasteiger partial charge in [0, 0.05) is 31.9 Å². The molecule has 0 aliphatic carbocycles. The van der Waals surface area contributed by atoms with Gasteiger partial charge >= 0.3 is 0 Å². The number of nitrogens with zero attached hydrogens (tertiary/aromatic N) is 1. The van der Waals surface area contributed by atoms with Crippen LogP contribution in [-0.4, -0.2) is 37.3 Å². The molecule has 1 aromatic carbocycles. The number of rotatable bonds is 3. The maximum Gasteiger partial charge on any atom is 0.243 e. The predicted octanol–water partition coefficient (Wildman–Crippen LogP) is 1.42. The third-order valence-electron chi connectivity index (χ3n) is 3.91. The number of hydrogen-bond acceptors (Lipinski definition) is 4. The van der Waals surface area contributed by atoms with E-state index in [4.69, 9.17) is 0 Å². The highest BCUT2D eigenvalue weighted by Gasteiger charge is 2.30. The monoisotopic (exact) mass is 298 g/mol. The minimum absolute atomic E-state index is 0.140. The fraction of sp³-hybridized carbons (Fsp3) is 0.538. The van der Waals surface area contributed by atoms with E-state index in [9.17, 15) is 8.42 Å². The van der Waals surface area contributed by atoms with Crippen molar-refractivity contribution < 1.29 is 8.42 Å². The Kier molecular flexibility index (Phi) is 3.59. The van der Waals surface area contributed by atoms with Crippen molar-refractivity contribution in [3.63, 3.8) is 0 Å². The van der Waals surface area contributed by atoms with Gasteiger partial charge in [-0.1, -0.05) is 6.07 Å². The smallest absolute Gasteiger partial charge is 0.243 e. The fourth-order valence-electron chi connectivity index (χ4n) is 2.60. The maximum absolute atomic E-state index is 12.6. The lowest BCUT2D eigenvalue weighted by Crippen LogP contribution is -2.37. The number of nitrogens with one attached hydrogen (secondary N) is 1. The predicted molar refractivity (Wildman–Crippen MR) is 77.7 cm³/mol. The van der Waals surface area contributed by atoms with Gasteiger partial charge in [-0.3, -0.25) is 0 Å². The molecular weight excluding hydrogens is 280 g/mol. The molecule has 2 aliphatic rings. The molecule has 0 bridgehead atoms. The van der Waals surface area contributed by atoms with Crippen molar-refractivity contribution >= 4 is 21.8 Å². The summed E-state index contributed by atoms with van der Waals surface area (Å²) in [5.41, 5.74) is 2.31. The maximum atomic E-state index is 12.6. The van der Waals surface area contributed by atoms with Crippen molar-refractivity contribution in [2.75, 3.05) is 18.6 Å². The lowest BCUT2D eigenvalue weighted by molar-refractivity contribution is 0.394. The molecule has 19 heavy (non-hydrogen) atoms. The Hall–Kier alpha value is -0.560. The summed E-state index contributed by atoms with van der Waals surface area (Å²) >= 11 is 1.83. The van der Waals surface area contributed by atoms with E-state index >= 15 is 0 Å². The highest BCUT2D eigenvalue weighted by Crippen LogP contribution is 2.27. The van der Waals surface area contributed by atoms with Crippen LogP contribution in [0.15, 0.2) is 23.1 Å². The zero-order valence-electron chi connectivity index (χ0n) is 10.9. The second kappa shape index (κ2) is 5.09. The molecule has 1 unspecified atom stereocenters. The Morgan fingerprint density at radius 2 is 2.11 bits per heavy atom. The first kappa shape index (κ1) is 13.4. The van der Waals surface area contributed by atoms with Gasteiger partial charge in [-0.05, 0) is 35.4 Å². The Morgan fingerprint density at radius 3 is 2.84 bits per heavy atom. The number of fused-ring (bicyclic) bond motifs is 1. The van der Waals surface area contributed by atoms with Crippen molar-refractivity contribution in [2.24, 2.45) is 0 Å². The van der Waals surface area contributed by atoms with E-state index < -0.39 is 10.0 Å². The van der Waals surface area contributed by atoms with Gasteiger partial charge in [0.2, 0.25) is 10.0 Å². The molecule has 1 saturated heterocycles. The zero-order chi connectivity index (χ0) is 13.5. The number of benzene rings is 1. The number of hydrogen-bond donors (Lipinski definition) is 1. The number of sulfonamides is 1. The largest absolute Gasteiger partial charge is 0.309 e. The van der Waals surface area contributed by atoms with Gasteiger partial charge in [0.05, 0.1) is 4.90 Å². The Labute approximate surface area is 118 Å². The van der Waals surface area contributed by atoms with Crippen LogP contribution < -0.4 is 5.32 Å². The zero-order valence-corrected chi connectivity index (χ0v) is 12.6. The van der Waals surface area contributed by atoms with E-state index in [0.29, 0.717) is 4.90 Å². The van der Waals surface area contributed by atoms with Crippen LogP contribution in [0, 0.1) is 0 Å². The van der Waals surface area contributed by atoms with E-state index in [2.05, 4.69) is 5.32 Å². The molecule has 0 spiro atoms. The van der Waals surface area contributed by atoms with E-state index in [-0.39, 0.29) is 6.04 Å². The van der Waals surface area contributed by atoms with Gasteiger partial charge in [-0.25, -0.2) is 8.42 Å². The second-order valence-electron chi connectivity index (χ2n) is 5.07. The number of thioether (sulfide) groups is 1. The van der Waals surface area contributed by atoms with E-state index in [1.807, 2.05) is 23.9 Å². The first-order valence-electron chi connectivity index (χ1n) is 6.47. The molecule has 1 aromatic rings. The summed E-state index contributed by atoms with van der Waals surface area (Å²) in [6.07, 6.45) is 0.951. The van der Waals surface area contributed by atoms with Crippen LogP contribution in [0.3, 0.4) is 0 Å². The Morgan fingerprint density at radius 1 is 1.32 bits per heavy atom. The summed E-state index contributed by atoms with van der Waals surface area (Å²) in [5.74, 6) is 1.96. The van der Waals surface area contributed by atoms with Gasteiger partial charge in [0.15, 0.2) is 0 Å². The topological polar surface area (TPSA) is 49.4 Å². The molecule has 2 aliphatic heterocycles. The van der Waals surface area contributed by atoms with Gasteiger partial charge in [-0.2, -0.15) is 16.1 Å². The van der Waals surface area contributed by atoms with E-state index in [1.165, 1.54) is 5.56 Å². The summed E-state index contributed by atoms with van der Waals surface area (Å²) in [4.78, 5) is 0.425. The first-order chi connectivity index (χ1) is 9.09. The molecule has 0 radical (unpaired) electrons. The third-order valence-corrected chi connectivity index (χ3v) is 6.96. The molecule has 6 heteroatoms. The van der Waals surface area contributed by atoms with Crippen molar-refractivity contribution in [3.05, 3.63) is 29.3 Å². The normalized spacial score (nSPS) is 22.9. The average Bonchev–Trinajstić information content (AvgIpc) is 3.07. The van der Waals surface area contributed by atoms with Crippen LogP contribution in [0.5, 0.6) is 0 Å². The lowest BCUT2D eigenvalue weighted by Gasteiger charge is -2.23. The SMILES string of the molecule is CN(C1CCSC1)S(=O)(=O)c1ccc2c(c1)CNC2. The van der Waals surface area contributed by atoms with Gasteiger partial charge in [-0.15, -0.1) is 0 Å². The molecule has 0 saturated carbocycles. The van der Waals surface area contributed by atoms with Crippen LogP contribution in [0.4, 0.5) is 0 Å².